The molecular weight excluding hydrogens is 186 g/mol. The lowest BCUT2D eigenvalue weighted by atomic mass is 10.0. The molecule has 1 saturated carbocycles. The van der Waals surface area contributed by atoms with Gasteiger partial charge in [-0.2, -0.15) is 0 Å². The van der Waals surface area contributed by atoms with Gasteiger partial charge in [0.15, 0.2) is 0 Å². The molecule has 1 heterocycles. The molecule has 0 aromatic heterocycles. The van der Waals surface area contributed by atoms with E-state index in [1.807, 2.05) is 0 Å². The van der Waals surface area contributed by atoms with Gasteiger partial charge in [-0.1, -0.05) is 19.3 Å². The highest BCUT2D eigenvalue weighted by Crippen LogP contribution is 2.24. The van der Waals surface area contributed by atoms with E-state index in [1.165, 1.54) is 19.3 Å². The van der Waals surface area contributed by atoms with Gasteiger partial charge in [-0.25, -0.2) is 4.21 Å². The van der Waals surface area contributed by atoms with Crippen LogP contribution >= 0.6 is 0 Å². The van der Waals surface area contributed by atoms with Crippen LogP contribution in [0.4, 0.5) is 0 Å². The highest BCUT2D eigenvalue weighted by atomic mass is 32.2. The molecule has 2 fully saturated rings. The van der Waals surface area contributed by atoms with Crippen molar-refractivity contribution in [2.75, 3.05) is 13.2 Å². The Bertz CT molecular complexity index is 186. The van der Waals surface area contributed by atoms with Crippen LogP contribution < -0.4 is 0 Å². The Labute approximate surface area is 82.0 Å². The number of hydrogen-bond donors (Lipinski definition) is 0. The summed E-state index contributed by atoms with van der Waals surface area (Å²) in [6, 6.07) is 0. The highest BCUT2D eigenvalue weighted by molar-refractivity contribution is 7.83. The lowest BCUT2D eigenvalue weighted by molar-refractivity contribution is -0.0243. The van der Waals surface area contributed by atoms with Gasteiger partial charge in [-0.3, -0.25) is 4.84 Å². The van der Waals surface area contributed by atoms with Crippen LogP contribution in [0.2, 0.25) is 0 Å². The van der Waals surface area contributed by atoms with Gasteiger partial charge in [0, 0.05) is 6.54 Å². The van der Waals surface area contributed by atoms with Gasteiger partial charge in [0.25, 0.3) is 0 Å². The number of hydroxylamine groups is 1. The van der Waals surface area contributed by atoms with E-state index < -0.39 is 11.0 Å². The topological polar surface area (TPSA) is 29.5 Å². The standard InChI is InChI=1S/C9H17NO2S/c11-13(10-7-4-8-12-10)9-5-2-1-3-6-9/h9H,1-8H2. The van der Waals surface area contributed by atoms with Crippen LogP contribution in [0.15, 0.2) is 0 Å². The monoisotopic (exact) mass is 203 g/mol. The molecule has 0 spiro atoms. The van der Waals surface area contributed by atoms with Crippen molar-refractivity contribution in [2.24, 2.45) is 0 Å². The van der Waals surface area contributed by atoms with E-state index in [0.717, 1.165) is 32.4 Å². The Balaban J connectivity index is 1.87. The molecule has 1 saturated heterocycles. The van der Waals surface area contributed by atoms with Crippen molar-refractivity contribution in [2.45, 2.75) is 43.8 Å². The summed E-state index contributed by atoms with van der Waals surface area (Å²) in [6.07, 6.45) is 7.06. The summed E-state index contributed by atoms with van der Waals surface area (Å²) in [5, 5.41) is 0.367. The van der Waals surface area contributed by atoms with E-state index in [-0.39, 0.29) is 0 Å². The zero-order valence-corrected chi connectivity index (χ0v) is 8.72. The lowest BCUT2D eigenvalue weighted by Crippen LogP contribution is -2.31. The maximum atomic E-state index is 11.9. The van der Waals surface area contributed by atoms with Gasteiger partial charge >= 0.3 is 0 Å². The molecule has 1 aliphatic heterocycles. The van der Waals surface area contributed by atoms with Crippen LogP contribution in [0.1, 0.15) is 38.5 Å². The quantitative estimate of drug-likeness (QED) is 0.682. The summed E-state index contributed by atoms with van der Waals surface area (Å²) in [5.74, 6) is 0. The van der Waals surface area contributed by atoms with E-state index in [4.69, 9.17) is 4.84 Å². The zero-order valence-electron chi connectivity index (χ0n) is 7.91. The third-order valence-electron chi connectivity index (χ3n) is 2.76. The first-order valence-corrected chi connectivity index (χ1v) is 6.36. The summed E-state index contributed by atoms with van der Waals surface area (Å²) in [5.41, 5.74) is 0. The normalized spacial score (nSPS) is 29.2. The summed E-state index contributed by atoms with van der Waals surface area (Å²) < 4.78 is 13.6. The second-order valence-electron chi connectivity index (χ2n) is 3.78. The summed E-state index contributed by atoms with van der Waals surface area (Å²) in [4.78, 5) is 5.30. The third-order valence-corrected chi connectivity index (χ3v) is 4.49. The summed E-state index contributed by atoms with van der Waals surface area (Å²) >= 11 is 0. The molecule has 3 nitrogen and oxygen atoms in total. The molecule has 1 unspecified atom stereocenters. The van der Waals surface area contributed by atoms with Crippen LogP contribution in [-0.4, -0.2) is 27.1 Å². The first-order chi connectivity index (χ1) is 6.38. The molecule has 76 valence electrons. The highest BCUT2D eigenvalue weighted by Gasteiger charge is 2.27. The van der Waals surface area contributed by atoms with Crippen LogP contribution in [0.5, 0.6) is 0 Å². The van der Waals surface area contributed by atoms with Crippen molar-refractivity contribution < 1.29 is 9.05 Å². The van der Waals surface area contributed by atoms with Gasteiger partial charge in [0.05, 0.1) is 11.9 Å². The van der Waals surface area contributed by atoms with Crippen molar-refractivity contribution in [1.29, 1.82) is 0 Å². The predicted octanol–water partition coefficient (Wildman–Crippen LogP) is 1.62. The van der Waals surface area contributed by atoms with Crippen LogP contribution in [0, 0.1) is 0 Å². The number of nitrogens with zero attached hydrogens (tertiary/aromatic N) is 1. The Kier molecular flexibility index (Phi) is 3.35. The fraction of sp³-hybridized carbons (Fsp3) is 1.00. The summed E-state index contributed by atoms with van der Waals surface area (Å²) in [7, 11) is -0.871. The fourth-order valence-corrected chi connectivity index (χ4v) is 3.56. The van der Waals surface area contributed by atoms with Gasteiger partial charge in [0.2, 0.25) is 0 Å². The van der Waals surface area contributed by atoms with E-state index >= 15 is 0 Å². The zero-order chi connectivity index (χ0) is 9.10. The van der Waals surface area contributed by atoms with Crippen molar-refractivity contribution in [3.05, 3.63) is 0 Å². The molecule has 0 bridgehead atoms. The van der Waals surface area contributed by atoms with Crippen molar-refractivity contribution in [1.82, 2.24) is 4.47 Å². The van der Waals surface area contributed by atoms with E-state index in [1.54, 1.807) is 4.47 Å². The minimum atomic E-state index is -0.871. The molecule has 1 aliphatic carbocycles. The minimum Gasteiger partial charge on any atom is -0.286 e. The van der Waals surface area contributed by atoms with Crippen molar-refractivity contribution in [3.8, 4) is 0 Å². The molecule has 4 heteroatoms. The van der Waals surface area contributed by atoms with E-state index in [0.29, 0.717) is 5.25 Å². The van der Waals surface area contributed by atoms with Crippen molar-refractivity contribution >= 4 is 11.0 Å². The molecule has 0 aromatic carbocycles. The average Bonchev–Trinajstić information content (AvgIpc) is 2.71. The number of hydrogen-bond acceptors (Lipinski definition) is 2. The molecule has 1 atom stereocenters. The van der Waals surface area contributed by atoms with Crippen LogP contribution in [-0.2, 0) is 15.8 Å². The Hall–Kier alpha value is 0.0700. The van der Waals surface area contributed by atoms with Crippen LogP contribution in [0.25, 0.3) is 0 Å². The first-order valence-electron chi connectivity index (χ1n) is 5.19. The molecule has 0 aromatic rings. The van der Waals surface area contributed by atoms with Crippen molar-refractivity contribution in [3.63, 3.8) is 0 Å². The van der Waals surface area contributed by atoms with Gasteiger partial charge in [0.1, 0.15) is 11.0 Å². The first kappa shape index (κ1) is 9.62. The molecule has 13 heavy (non-hydrogen) atoms. The molecule has 0 N–H and O–H groups in total. The largest absolute Gasteiger partial charge is 0.286 e. The third kappa shape index (κ3) is 2.30. The molecule has 0 radical (unpaired) electrons. The van der Waals surface area contributed by atoms with Gasteiger partial charge in [-0.05, 0) is 19.3 Å². The second kappa shape index (κ2) is 4.53. The van der Waals surface area contributed by atoms with Gasteiger partial charge < -0.3 is 0 Å². The predicted molar refractivity (Wildman–Crippen MR) is 52.3 cm³/mol. The maximum Gasteiger partial charge on any atom is 0.121 e. The Morgan fingerprint density at radius 1 is 1.15 bits per heavy atom. The van der Waals surface area contributed by atoms with Gasteiger partial charge in [-0.15, -0.1) is 4.47 Å². The Morgan fingerprint density at radius 2 is 1.92 bits per heavy atom. The Morgan fingerprint density at radius 3 is 2.54 bits per heavy atom. The van der Waals surface area contributed by atoms with Crippen LogP contribution in [0.3, 0.4) is 0 Å². The maximum absolute atomic E-state index is 11.9. The minimum absolute atomic E-state index is 0.367. The van der Waals surface area contributed by atoms with E-state index in [9.17, 15) is 4.21 Å². The molecule has 0 amide bonds. The molecule has 2 rings (SSSR count). The fourth-order valence-electron chi connectivity index (χ4n) is 2.00. The summed E-state index contributed by atoms with van der Waals surface area (Å²) in [6.45, 7) is 1.60. The SMILES string of the molecule is O=S(C1CCCCC1)N1CCCO1. The van der Waals surface area contributed by atoms with E-state index in [2.05, 4.69) is 0 Å². The lowest BCUT2D eigenvalue weighted by Gasteiger charge is -2.24. The average molecular weight is 203 g/mol. The molecular formula is C9H17NO2S. The second-order valence-corrected chi connectivity index (χ2v) is 5.41. The number of rotatable bonds is 2. The smallest absolute Gasteiger partial charge is 0.121 e. The molecule has 2 aliphatic rings.